The SMILES string of the molecule is C=C1CC(CNc2ncc3c(-c4ccc5ncccc5c4)ccn3n2)C1.[HH]. The van der Waals surface area contributed by atoms with Gasteiger partial charge in [-0.1, -0.05) is 24.3 Å². The van der Waals surface area contributed by atoms with E-state index in [1.54, 1.807) is 0 Å². The van der Waals surface area contributed by atoms with Crippen molar-refractivity contribution in [2.45, 2.75) is 12.8 Å². The van der Waals surface area contributed by atoms with E-state index in [-0.39, 0.29) is 1.43 Å². The van der Waals surface area contributed by atoms with Crippen LogP contribution in [0, 0.1) is 5.92 Å². The van der Waals surface area contributed by atoms with E-state index in [0.29, 0.717) is 11.9 Å². The average molecular weight is 343 g/mol. The summed E-state index contributed by atoms with van der Waals surface area (Å²) in [4.78, 5) is 8.88. The summed E-state index contributed by atoms with van der Waals surface area (Å²) in [5.74, 6) is 1.33. The Balaban J connectivity index is 0.00000180. The van der Waals surface area contributed by atoms with E-state index < -0.39 is 0 Å². The molecule has 3 aromatic heterocycles. The van der Waals surface area contributed by atoms with Crippen LogP contribution in [0.2, 0.25) is 0 Å². The molecule has 0 aliphatic heterocycles. The van der Waals surface area contributed by atoms with Crippen LogP contribution >= 0.6 is 0 Å². The van der Waals surface area contributed by atoms with Crippen LogP contribution in [0.3, 0.4) is 0 Å². The van der Waals surface area contributed by atoms with Crippen molar-refractivity contribution in [2.75, 3.05) is 11.9 Å². The maximum absolute atomic E-state index is 4.59. The van der Waals surface area contributed by atoms with E-state index in [4.69, 9.17) is 0 Å². The summed E-state index contributed by atoms with van der Waals surface area (Å²) in [5.41, 5.74) is 5.61. The molecule has 1 N–H and O–H groups in total. The quantitative estimate of drug-likeness (QED) is 0.552. The molecule has 1 aromatic carbocycles. The van der Waals surface area contributed by atoms with Crippen molar-refractivity contribution >= 4 is 22.4 Å². The molecule has 0 atom stereocenters. The molecule has 1 aliphatic rings. The van der Waals surface area contributed by atoms with Crippen LogP contribution in [0.15, 0.2) is 67.1 Å². The lowest BCUT2D eigenvalue weighted by Gasteiger charge is -2.28. The number of rotatable bonds is 4. The van der Waals surface area contributed by atoms with Gasteiger partial charge in [-0.25, -0.2) is 9.50 Å². The maximum atomic E-state index is 4.59. The van der Waals surface area contributed by atoms with Crippen LogP contribution < -0.4 is 5.32 Å². The Morgan fingerprint density at radius 3 is 3.00 bits per heavy atom. The summed E-state index contributed by atoms with van der Waals surface area (Å²) >= 11 is 0. The van der Waals surface area contributed by atoms with Crippen LogP contribution in [-0.2, 0) is 0 Å². The second kappa shape index (κ2) is 5.95. The molecule has 0 bridgehead atoms. The summed E-state index contributed by atoms with van der Waals surface area (Å²) in [6, 6.07) is 12.4. The summed E-state index contributed by atoms with van der Waals surface area (Å²) < 4.78 is 1.89. The molecular formula is C21H21N5. The Bertz CT molecular complexity index is 1130. The maximum Gasteiger partial charge on any atom is 0.241 e. The number of hydrogen-bond donors (Lipinski definition) is 1. The molecule has 1 saturated carbocycles. The highest BCUT2D eigenvalue weighted by Crippen LogP contribution is 2.31. The normalized spacial score (nSPS) is 14.7. The van der Waals surface area contributed by atoms with E-state index in [1.807, 2.05) is 29.2 Å². The highest BCUT2D eigenvalue weighted by Gasteiger charge is 2.21. The zero-order valence-corrected chi connectivity index (χ0v) is 14.4. The van der Waals surface area contributed by atoms with E-state index in [1.165, 1.54) is 5.57 Å². The van der Waals surface area contributed by atoms with Crippen molar-refractivity contribution in [1.82, 2.24) is 19.6 Å². The van der Waals surface area contributed by atoms with Crippen molar-refractivity contribution in [3.8, 4) is 11.1 Å². The number of hydrogen-bond acceptors (Lipinski definition) is 4. The molecule has 0 unspecified atom stereocenters. The lowest BCUT2D eigenvalue weighted by molar-refractivity contribution is 0.441. The molecule has 1 aliphatic carbocycles. The molecular weight excluding hydrogens is 322 g/mol. The third kappa shape index (κ3) is 2.62. The van der Waals surface area contributed by atoms with Crippen LogP contribution in [0.4, 0.5) is 5.95 Å². The number of anilines is 1. The molecule has 0 amide bonds. The number of pyridine rings is 1. The zero-order chi connectivity index (χ0) is 17.5. The van der Waals surface area contributed by atoms with Gasteiger partial charge in [0.15, 0.2) is 0 Å². The van der Waals surface area contributed by atoms with Crippen molar-refractivity contribution < 1.29 is 1.43 Å². The van der Waals surface area contributed by atoms with Gasteiger partial charge in [0, 0.05) is 31.3 Å². The van der Waals surface area contributed by atoms with Gasteiger partial charge in [-0.15, -0.1) is 5.10 Å². The minimum atomic E-state index is 0. The minimum Gasteiger partial charge on any atom is -0.353 e. The van der Waals surface area contributed by atoms with Gasteiger partial charge in [0.2, 0.25) is 5.95 Å². The Hall–Kier alpha value is -3.21. The summed E-state index contributed by atoms with van der Waals surface area (Å²) in [7, 11) is 0. The Morgan fingerprint density at radius 2 is 2.12 bits per heavy atom. The van der Waals surface area contributed by atoms with Gasteiger partial charge in [-0.2, -0.15) is 0 Å². The van der Waals surface area contributed by atoms with E-state index in [9.17, 15) is 0 Å². The Morgan fingerprint density at radius 1 is 1.19 bits per heavy atom. The molecule has 1 fully saturated rings. The van der Waals surface area contributed by atoms with Crippen molar-refractivity contribution in [3.63, 3.8) is 0 Å². The number of nitrogens with zero attached hydrogens (tertiary/aromatic N) is 4. The lowest BCUT2D eigenvalue weighted by Crippen LogP contribution is -2.23. The number of aromatic nitrogens is 4. The standard InChI is InChI=1S/C21H19N5.H2/c1-14-9-15(10-14)12-23-21-24-13-20-18(6-8-26(20)25-21)16-4-5-19-17(11-16)3-2-7-22-19;/h2-8,11,13,15H,1,9-10,12H2,(H,23,25);1H. The highest BCUT2D eigenvalue weighted by molar-refractivity contribution is 5.88. The monoisotopic (exact) mass is 343 g/mol. The fraction of sp³-hybridized carbons (Fsp3) is 0.190. The molecule has 0 spiro atoms. The summed E-state index contributed by atoms with van der Waals surface area (Å²) in [6.45, 7) is 4.89. The summed E-state index contributed by atoms with van der Waals surface area (Å²) in [6.07, 6.45) is 7.91. The third-order valence-electron chi connectivity index (χ3n) is 5.03. The average Bonchev–Trinajstić information content (AvgIpc) is 3.07. The van der Waals surface area contributed by atoms with Gasteiger partial charge < -0.3 is 5.32 Å². The van der Waals surface area contributed by atoms with Gasteiger partial charge in [-0.05, 0) is 48.6 Å². The third-order valence-corrected chi connectivity index (χ3v) is 5.03. The smallest absolute Gasteiger partial charge is 0.241 e. The Labute approximate surface area is 152 Å². The van der Waals surface area contributed by atoms with Crippen LogP contribution in [-0.4, -0.2) is 26.1 Å². The van der Waals surface area contributed by atoms with Gasteiger partial charge >= 0.3 is 0 Å². The van der Waals surface area contributed by atoms with Crippen molar-refractivity contribution in [3.05, 3.63) is 67.1 Å². The largest absolute Gasteiger partial charge is 0.353 e. The lowest BCUT2D eigenvalue weighted by atomic mass is 9.81. The number of nitrogens with one attached hydrogen (secondary N) is 1. The molecule has 0 saturated heterocycles. The predicted octanol–water partition coefficient (Wildman–Crippen LogP) is 4.57. The van der Waals surface area contributed by atoms with Gasteiger partial charge in [-0.3, -0.25) is 4.98 Å². The molecule has 0 radical (unpaired) electrons. The molecule has 5 rings (SSSR count). The number of fused-ring (bicyclic) bond motifs is 2. The number of benzene rings is 1. The first-order valence-electron chi connectivity index (χ1n) is 8.86. The van der Waals surface area contributed by atoms with Crippen LogP contribution in [0.5, 0.6) is 0 Å². The zero-order valence-electron chi connectivity index (χ0n) is 14.4. The molecule has 4 aromatic rings. The molecule has 3 heterocycles. The summed E-state index contributed by atoms with van der Waals surface area (Å²) in [5, 5.41) is 9.06. The first-order chi connectivity index (χ1) is 12.8. The fourth-order valence-electron chi connectivity index (χ4n) is 3.61. The first kappa shape index (κ1) is 15.1. The highest BCUT2D eigenvalue weighted by atomic mass is 15.3. The van der Waals surface area contributed by atoms with Crippen molar-refractivity contribution in [2.24, 2.45) is 5.92 Å². The second-order valence-corrected chi connectivity index (χ2v) is 6.96. The van der Waals surface area contributed by atoms with Crippen LogP contribution in [0.25, 0.3) is 27.5 Å². The molecule has 26 heavy (non-hydrogen) atoms. The van der Waals surface area contributed by atoms with Crippen molar-refractivity contribution in [1.29, 1.82) is 0 Å². The second-order valence-electron chi connectivity index (χ2n) is 6.96. The predicted molar refractivity (Wildman–Crippen MR) is 106 cm³/mol. The number of allylic oxidation sites excluding steroid dienone is 1. The topological polar surface area (TPSA) is 55.1 Å². The fourth-order valence-corrected chi connectivity index (χ4v) is 3.61. The van der Waals surface area contributed by atoms with Gasteiger partial charge in [0.05, 0.1) is 17.2 Å². The minimum absolute atomic E-state index is 0. The molecule has 130 valence electrons. The van der Waals surface area contributed by atoms with Crippen LogP contribution in [0.1, 0.15) is 14.3 Å². The van der Waals surface area contributed by atoms with E-state index in [0.717, 1.165) is 46.9 Å². The van der Waals surface area contributed by atoms with Gasteiger partial charge in [0.25, 0.3) is 0 Å². The van der Waals surface area contributed by atoms with E-state index in [2.05, 4.69) is 57.3 Å². The Kier molecular flexibility index (Phi) is 3.45. The van der Waals surface area contributed by atoms with Gasteiger partial charge in [0.1, 0.15) is 0 Å². The molecule has 5 heteroatoms. The molecule has 5 nitrogen and oxygen atoms in total. The first-order valence-corrected chi connectivity index (χ1v) is 8.86. The van der Waals surface area contributed by atoms with E-state index >= 15 is 0 Å².